The maximum atomic E-state index is 13.4. The van der Waals surface area contributed by atoms with E-state index in [1.54, 1.807) is 12.1 Å². The predicted molar refractivity (Wildman–Crippen MR) is 84.0 cm³/mol. The van der Waals surface area contributed by atoms with Gasteiger partial charge in [0.1, 0.15) is 5.82 Å². The van der Waals surface area contributed by atoms with Crippen molar-refractivity contribution in [2.75, 3.05) is 19.6 Å². The molecule has 0 radical (unpaired) electrons. The van der Waals surface area contributed by atoms with Gasteiger partial charge in [0.15, 0.2) is 5.96 Å². The molecule has 0 unspecified atom stereocenters. The highest BCUT2D eigenvalue weighted by atomic mass is 19.1. The van der Waals surface area contributed by atoms with Gasteiger partial charge in [-0.25, -0.2) is 9.38 Å². The first-order valence-corrected chi connectivity index (χ1v) is 7.73. The zero-order valence-corrected chi connectivity index (χ0v) is 12.9. The molecule has 1 aromatic rings. The van der Waals surface area contributed by atoms with Crippen molar-refractivity contribution in [2.24, 2.45) is 4.99 Å². The van der Waals surface area contributed by atoms with E-state index in [1.165, 1.54) is 6.07 Å². The fourth-order valence-corrected chi connectivity index (χ4v) is 2.52. The molecule has 0 amide bonds. The van der Waals surface area contributed by atoms with Crippen LogP contribution in [0.15, 0.2) is 23.2 Å². The van der Waals surface area contributed by atoms with Crippen LogP contribution >= 0.6 is 0 Å². The van der Waals surface area contributed by atoms with Crippen molar-refractivity contribution < 1.29 is 14.6 Å². The van der Waals surface area contributed by atoms with E-state index in [9.17, 15) is 9.50 Å². The number of nitrogens with one attached hydrogen (secondary N) is 1. The molecule has 1 aliphatic heterocycles. The average Bonchev–Trinajstić information content (AvgIpc) is 2.53. The van der Waals surface area contributed by atoms with Crippen LogP contribution in [-0.4, -0.2) is 46.8 Å². The Morgan fingerprint density at radius 2 is 2.14 bits per heavy atom. The number of rotatable bonds is 4. The van der Waals surface area contributed by atoms with E-state index in [-0.39, 0.29) is 12.7 Å². The molecule has 0 spiro atoms. The Bertz CT molecular complexity index is 514. The summed E-state index contributed by atoms with van der Waals surface area (Å²) in [4.78, 5) is 6.71. The van der Waals surface area contributed by atoms with Gasteiger partial charge in [0.2, 0.25) is 0 Å². The van der Waals surface area contributed by atoms with Gasteiger partial charge in [-0.05, 0) is 37.5 Å². The van der Waals surface area contributed by atoms with E-state index in [2.05, 4.69) is 15.2 Å². The fraction of sp³-hybridized carbons (Fsp3) is 0.562. The van der Waals surface area contributed by atoms with E-state index < -0.39 is 5.82 Å². The van der Waals surface area contributed by atoms with Crippen LogP contribution in [0.1, 0.15) is 30.9 Å². The summed E-state index contributed by atoms with van der Waals surface area (Å²) in [7, 11) is 0. The molecule has 1 aliphatic rings. The lowest BCUT2D eigenvalue weighted by atomic mass is 10.1. The Morgan fingerprint density at radius 1 is 1.41 bits per heavy atom. The van der Waals surface area contributed by atoms with Crippen LogP contribution in [0, 0.1) is 5.82 Å². The minimum absolute atomic E-state index is 0.219. The van der Waals surface area contributed by atoms with Crippen LogP contribution in [0.5, 0.6) is 0 Å². The molecule has 0 aliphatic carbocycles. The first-order chi connectivity index (χ1) is 10.6. The highest BCUT2D eigenvalue weighted by Crippen LogP contribution is 2.13. The second-order valence-corrected chi connectivity index (χ2v) is 5.47. The van der Waals surface area contributed by atoms with Gasteiger partial charge in [-0.2, -0.15) is 0 Å². The van der Waals surface area contributed by atoms with Crippen molar-refractivity contribution in [3.05, 3.63) is 35.1 Å². The molecule has 0 bridgehead atoms. The molecule has 1 saturated heterocycles. The van der Waals surface area contributed by atoms with E-state index in [0.717, 1.165) is 44.0 Å². The highest BCUT2D eigenvalue weighted by Gasteiger charge is 2.19. The van der Waals surface area contributed by atoms with Crippen LogP contribution in [0.2, 0.25) is 0 Å². The number of aliphatic hydroxyl groups excluding tert-OH is 2. The fourth-order valence-electron chi connectivity index (χ4n) is 2.52. The van der Waals surface area contributed by atoms with E-state index in [1.807, 2.05) is 6.92 Å². The Hall–Kier alpha value is -1.66. The number of halogens is 1. The van der Waals surface area contributed by atoms with Gasteiger partial charge in [0.05, 0.1) is 19.3 Å². The number of aliphatic imine (C=N–C) groups is 1. The molecule has 6 heteroatoms. The highest BCUT2D eigenvalue weighted by molar-refractivity contribution is 5.80. The minimum atomic E-state index is -0.396. The SMILES string of the molecule is CCNC(=NCc1ccc(F)c(CO)c1)N1CCC(O)CC1. The monoisotopic (exact) mass is 309 g/mol. The van der Waals surface area contributed by atoms with Crippen molar-refractivity contribution in [3.63, 3.8) is 0 Å². The quantitative estimate of drug-likeness (QED) is 0.578. The summed E-state index contributed by atoms with van der Waals surface area (Å²) < 4.78 is 13.4. The van der Waals surface area contributed by atoms with E-state index in [4.69, 9.17) is 5.11 Å². The third-order valence-electron chi connectivity index (χ3n) is 3.79. The topological polar surface area (TPSA) is 68.1 Å². The summed E-state index contributed by atoms with van der Waals surface area (Å²) in [6.45, 7) is 4.44. The number of guanidine groups is 1. The van der Waals surface area contributed by atoms with Gasteiger partial charge >= 0.3 is 0 Å². The molecule has 22 heavy (non-hydrogen) atoms. The smallest absolute Gasteiger partial charge is 0.194 e. The van der Waals surface area contributed by atoms with Gasteiger partial charge in [-0.1, -0.05) is 6.07 Å². The molecule has 0 atom stereocenters. The molecule has 3 N–H and O–H groups in total. The summed E-state index contributed by atoms with van der Waals surface area (Å²) in [5, 5.41) is 21.9. The number of hydrogen-bond acceptors (Lipinski definition) is 3. The second kappa shape index (κ2) is 8.10. The molecule has 1 heterocycles. The number of benzene rings is 1. The molecule has 5 nitrogen and oxygen atoms in total. The summed E-state index contributed by atoms with van der Waals surface area (Å²) in [5.41, 5.74) is 1.15. The molecule has 2 rings (SSSR count). The maximum absolute atomic E-state index is 13.4. The average molecular weight is 309 g/mol. The molecule has 0 aromatic heterocycles. The van der Waals surface area contributed by atoms with Crippen molar-refractivity contribution in [3.8, 4) is 0 Å². The van der Waals surface area contributed by atoms with Crippen molar-refractivity contribution >= 4 is 5.96 Å². The van der Waals surface area contributed by atoms with Gasteiger partial charge in [0.25, 0.3) is 0 Å². The third kappa shape index (κ3) is 4.42. The van der Waals surface area contributed by atoms with E-state index in [0.29, 0.717) is 12.1 Å². The standard InChI is InChI=1S/C16H24FN3O2/c1-2-18-16(20-7-5-14(22)6-8-20)19-10-12-3-4-15(17)13(9-12)11-21/h3-4,9,14,21-22H,2,5-8,10-11H2,1H3,(H,18,19). The third-order valence-corrected chi connectivity index (χ3v) is 3.79. The number of aliphatic hydroxyl groups is 2. The van der Waals surface area contributed by atoms with Gasteiger partial charge in [-0.15, -0.1) is 0 Å². The van der Waals surface area contributed by atoms with Crippen LogP contribution < -0.4 is 5.32 Å². The normalized spacial score (nSPS) is 16.9. The molecule has 1 aromatic carbocycles. The Kier molecular flexibility index (Phi) is 6.15. The lowest BCUT2D eigenvalue weighted by molar-refractivity contribution is 0.108. The first kappa shape index (κ1) is 16.7. The Morgan fingerprint density at radius 3 is 2.77 bits per heavy atom. The Labute approximate surface area is 130 Å². The van der Waals surface area contributed by atoms with Crippen molar-refractivity contribution in [2.45, 2.75) is 39.0 Å². The minimum Gasteiger partial charge on any atom is -0.393 e. The maximum Gasteiger partial charge on any atom is 0.194 e. The van der Waals surface area contributed by atoms with Gasteiger partial charge in [-0.3, -0.25) is 0 Å². The zero-order chi connectivity index (χ0) is 15.9. The number of hydrogen-bond donors (Lipinski definition) is 3. The lowest BCUT2D eigenvalue weighted by Crippen LogP contribution is -2.46. The molecule has 0 saturated carbocycles. The number of nitrogens with zero attached hydrogens (tertiary/aromatic N) is 2. The molecular formula is C16H24FN3O2. The number of piperidine rings is 1. The summed E-state index contributed by atoms with van der Waals surface area (Å²) in [5.74, 6) is 0.413. The van der Waals surface area contributed by atoms with Crippen LogP contribution in [-0.2, 0) is 13.2 Å². The summed E-state index contributed by atoms with van der Waals surface area (Å²) >= 11 is 0. The van der Waals surface area contributed by atoms with Crippen LogP contribution in [0.4, 0.5) is 4.39 Å². The number of likely N-dealkylation sites (tertiary alicyclic amines) is 1. The second-order valence-electron chi connectivity index (χ2n) is 5.47. The van der Waals surface area contributed by atoms with Crippen molar-refractivity contribution in [1.29, 1.82) is 0 Å². The molecule has 1 fully saturated rings. The predicted octanol–water partition coefficient (Wildman–Crippen LogP) is 1.24. The zero-order valence-electron chi connectivity index (χ0n) is 12.9. The lowest BCUT2D eigenvalue weighted by Gasteiger charge is -2.32. The summed E-state index contributed by atoms with van der Waals surface area (Å²) in [6, 6.07) is 4.68. The largest absolute Gasteiger partial charge is 0.393 e. The molecular weight excluding hydrogens is 285 g/mol. The Balaban J connectivity index is 2.06. The van der Waals surface area contributed by atoms with Crippen molar-refractivity contribution in [1.82, 2.24) is 10.2 Å². The molecule has 122 valence electrons. The van der Waals surface area contributed by atoms with Gasteiger partial charge < -0.3 is 20.4 Å². The first-order valence-electron chi connectivity index (χ1n) is 7.73. The van der Waals surface area contributed by atoms with Gasteiger partial charge in [0, 0.05) is 25.2 Å². The van der Waals surface area contributed by atoms with Crippen LogP contribution in [0.25, 0.3) is 0 Å². The van der Waals surface area contributed by atoms with Crippen LogP contribution in [0.3, 0.4) is 0 Å². The van der Waals surface area contributed by atoms with E-state index >= 15 is 0 Å². The summed E-state index contributed by atoms with van der Waals surface area (Å²) in [6.07, 6.45) is 1.27.